The summed E-state index contributed by atoms with van der Waals surface area (Å²) in [5, 5.41) is 7.47. The number of hydrogen-bond donors (Lipinski definition) is 2. The van der Waals surface area contributed by atoms with Crippen LogP contribution in [0.2, 0.25) is 5.02 Å². The first-order valence-corrected chi connectivity index (χ1v) is 8.06. The molecule has 6 heteroatoms. The van der Waals surface area contributed by atoms with Gasteiger partial charge in [0.15, 0.2) is 5.11 Å². The van der Waals surface area contributed by atoms with Gasteiger partial charge in [0.2, 0.25) is 0 Å². The molecule has 0 fully saturated rings. The second kappa shape index (κ2) is 6.95. The topological polar surface area (TPSA) is 54.0 Å². The second-order valence-electron chi connectivity index (χ2n) is 5.25. The van der Waals surface area contributed by atoms with Crippen molar-refractivity contribution in [3.8, 4) is 0 Å². The van der Waals surface area contributed by atoms with Gasteiger partial charge in [-0.2, -0.15) is 0 Å². The van der Waals surface area contributed by atoms with Crippen LogP contribution in [-0.4, -0.2) is 16.0 Å². The van der Waals surface area contributed by atoms with Crippen LogP contribution in [0, 0.1) is 6.92 Å². The highest BCUT2D eigenvalue weighted by atomic mass is 35.5. The van der Waals surface area contributed by atoms with E-state index in [1.165, 1.54) is 0 Å². The Labute approximate surface area is 149 Å². The van der Waals surface area contributed by atoms with E-state index in [9.17, 15) is 4.79 Å². The smallest absolute Gasteiger partial charge is 0.257 e. The number of amides is 1. The van der Waals surface area contributed by atoms with Crippen molar-refractivity contribution < 1.29 is 4.79 Å². The Morgan fingerprint density at radius 1 is 1.08 bits per heavy atom. The van der Waals surface area contributed by atoms with E-state index in [-0.39, 0.29) is 11.0 Å². The Balaban J connectivity index is 1.76. The Hall–Kier alpha value is -2.50. The quantitative estimate of drug-likeness (QED) is 0.672. The largest absolute Gasteiger partial charge is 0.331 e. The molecule has 2 N–H and O–H groups in total. The number of aryl methyl sites for hydroxylation is 1. The molecule has 0 aliphatic carbocycles. The number of halogens is 1. The van der Waals surface area contributed by atoms with Gasteiger partial charge in [0, 0.05) is 21.7 Å². The molecule has 2 aromatic carbocycles. The Morgan fingerprint density at radius 3 is 2.58 bits per heavy atom. The fourth-order valence-electron chi connectivity index (χ4n) is 2.28. The fourth-order valence-corrected chi connectivity index (χ4v) is 2.60. The summed E-state index contributed by atoms with van der Waals surface area (Å²) in [6.07, 6.45) is 0. The van der Waals surface area contributed by atoms with Crippen molar-refractivity contribution in [3.05, 3.63) is 70.9 Å². The number of nitrogens with zero attached hydrogens (tertiary/aromatic N) is 1. The van der Waals surface area contributed by atoms with Gasteiger partial charge in [-0.25, -0.2) is 0 Å². The molecule has 3 aromatic rings. The minimum absolute atomic E-state index is 0.214. The van der Waals surface area contributed by atoms with E-state index in [2.05, 4.69) is 15.6 Å². The second-order valence-corrected chi connectivity index (χ2v) is 6.09. The average Bonchev–Trinajstić information content (AvgIpc) is 2.56. The lowest BCUT2D eigenvalue weighted by Crippen LogP contribution is -2.34. The molecular formula is C18H14ClN3OS. The molecule has 0 radical (unpaired) electrons. The maximum atomic E-state index is 12.2. The lowest BCUT2D eigenvalue weighted by Gasteiger charge is -2.11. The van der Waals surface area contributed by atoms with Crippen molar-refractivity contribution in [3.63, 3.8) is 0 Å². The van der Waals surface area contributed by atoms with E-state index >= 15 is 0 Å². The summed E-state index contributed by atoms with van der Waals surface area (Å²) in [6.45, 7) is 1.93. The third-order valence-electron chi connectivity index (χ3n) is 3.44. The first kappa shape index (κ1) is 16.4. The number of para-hydroxylation sites is 1. The van der Waals surface area contributed by atoms with E-state index in [1.807, 2.05) is 37.3 Å². The molecule has 0 aliphatic rings. The number of carbonyl (C=O) groups excluding carboxylic acids is 1. The summed E-state index contributed by atoms with van der Waals surface area (Å²) < 4.78 is 0. The molecule has 1 heterocycles. The van der Waals surface area contributed by atoms with Crippen LogP contribution in [0.5, 0.6) is 0 Å². The van der Waals surface area contributed by atoms with Gasteiger partial charge >= 0.3 is 0 Å². The molecule has 0 saturated heterocycles. The summed E-state index contributed by atoms with van der Waals surface area (Å²) >= 11 is 11.1. The maximum Gasteiger partial charge on any atom is 0.257 e. The van der Waals surface area contributed by atoms with Crippen molar-refractivity contribution in [1.29, 1.82) is 0 Å². The lowest BCUT2D eigenvalue weighted by atomic mass is 10.2. The van der Waals surface area contributed by atoms with Crippen LogP contribution in [0.3, 0.4) is 0 Å². The van der Waals surface area contributed by atoms with Crippen molar-refractivity contribution in [2.45, 2.75) is 6.92 Å². The van der Waals surface area contributed by atoms with E-state index in [1.54, 1.807) is 24.3 Å². The molecule has 0 aliphatic heterocycles. The predicted molar refractivity (Wildman–Crippen MR) is 102 cm³/mol. The molecule has 0 bridgehead atoms. The Morgan fingerprint density at radius 2 is 1.83 bits per heavy atom. The molecule has 120 valence electrons. The molecule has 4 nitrogen and oxygen atoms in total. The van der Waals surface area contributed by atoms with Gasteiger partial charge in [-0.3, -0.25) is 15.1 Å². The minimum Gasteiger partial charge on any atom is -0.331 e. The lowest BCUT2D eigenvalue weighted by molar-refractivity contribution is 0.0978. The number of pyridine rings is 1. The summed E-state index contributed by atoms with van der Waals surface area (Å²) in [6, 6.07) is 16.3. The van der Waals surface area contributed by atoms with Crippen molar-refractivity contribution in [2.24, 2.45) is 0 Å². The minimum atomic E-state index is -0.298. The third kappa shape index (κ3) is 3.69. The van der Waals surface area contributed by atoms with Crippen molar-refractivity contribution >= 4 is 51.4 Å². The highest BCUT2D eigenvalue weighted by Crippen LogP contribution is 2.21. The molecule has 0 atom stereocenters. The number of fused-ring (bicyclic) bond motifs is 1. The van der Waals surface area contributed by atoms with E-state index in [4.69, 9.17) is 23.8 Å². The van der Waals surface area contributed by atoms with Gasteiger partial charge in [-0.1, -0.05) is 29.8 Å². The van der Waals surface area contributed by atoms with Crippen LogP contribution >= 0.6 is 23.8 Å². The first-order chi connectivity index (χ1) is 11.5. The summed E-state index contributed by atoms with van der Waals surface area (Å²) in [7, 11) is 0. The zero-order valence-electron chi connectivity index (χ0n) is 12.8. The van der Waals surface area contributed by atoms with Gasteiger partial charge in [-0.05, 0) is 55.5 Å². The molecule has 0 saturated carbocycles. The van der Waals surface area contributed by atoms with E-state index in [0.29, 0.717) is 10.6 Å². The van der Waals surface area contributed by atoms with Crippen LogP contribution < -0.4 is 10.6 Å². The predicted octanol–water partition coefficient (Wildman–Crippen LogP) is 4.32. The number of anilines is 1. The number of hydrogen-bond acceptors (Lipinski definition) is 3. The zero-order chi connectivity index (χ0) is 17.1. The summed E-state index contributed by atoms with van der Waals surface area (Å²) in [5.41, 5.74) is 2.95. The van der Waals surface area contributed by atoms with Crippen molar-refractivity contribution in [2.75, 3.05) is 5.32 Å². The van der Waals surface area contributed by atoms with Crippen LogP contribution in [0.4, 0.5) is 5.69 Å². The summed E-state index contributed by atoms with van der Waals surface area (Å²) in [4.78, 5) is 16.7. The van der Waals surface area contributed by atoms with E-state index in [0.717, 1.165) is 22.3 Å². The van der Waals surface area contributed by atoms with Crippen LogP contribution in [-0.2, 0) is 0 Å². The number of aromatic nitrogens is 1. The monoisotopic (exact) mass is 355 g/mol. The van der Waals surface area contributed by atoms with Crippen LogP contribution in [0.25, 0.3) is 10.9 Å². The van der Waals surface area contributed by atoms with Gasteiger partial charge in [0.1, 0.15) is 0 Å². The van der Waals surface area contributed by atoms with Crippen molar-refractivity contribution in [1.82, 2.24) is 10.3 Å². The highest BCUT2D eigenvalue weighted by molar-refractivity contribution is 7.80. The first-order valence-electron chi connectivity index (χ1n) is 7.27. The molecular weight excluding hydrogens is 342 g/mol. The zero-order valence-corrected chi connectivity index (χ0v) is 14.4. The SMILES string of the molecule is Cc1ccc2cccc(NC(=S)NC(=O)c3ccc(Cl)cc3)c2n1. The highest BCUT2D eigenvalue weighted by Gasteiger charge is 2.09. The Bertz CT molecular complexity index is 925. The Kier molecular flexibility index (Phi) is 4.74. The third-order valence-corrected chi connectivity index (χ3v) is 3.90. The molecule has 24 heavy (non-hydrogen) atoms. The average molecular weight is 356 g/mol. The number of nitrogens with one attached hydrogen (secondary N) is 2. The van der Waals surface area contributed by atoms with Gasteiger partial charge in [-0.15, -0.1) is 0 Å². The van der Waals surface area contributed by atoms with E-state index < -0.39 is 0 Å². The molecule has 1 aromatic heterocycles. The normalized spacial score (nSPS) is 10.4. The number of rotatable bonds is 2. The number of carbonyl (C=O) groups is 1. The van der Waals surface area contributed by atoms with Crippen LogP contribution in [0.15, 0.2) is 54.6 Å². The van der Waals surface area contributed by atoms with Crippen LogP contribution in [0.1, 0.15) is 16.1 Å². The molecule has 1 amide bonds. The van der Waals surface area contributed by atoms with Gasteiger partial charge in [0.05, 0.1) is 11.2 Å². The standard InChI is InChI=1S/C18H14ClN3OS/c1-11-5-6-12-3-2-4-15(16(12)20-11)21-18(24)22-17(23)13-7-9-14(19)10-8-13/h2-10H,1H3,(H2,21,22,23,24). The molecule has 0 unspecified atom stereocenters. The van der Waals surface area contributed by atoms with Gasteiger partial charge < -0.3 is 5.32 Å². The molecule has 3 rings (SSSR count). The number of thiocarbonyl (C=S) groups is 1. The fraction of sp³-hybridized carbons (Fsp3) is 0.0556. The molecule has 0 spiro atoms. The van der Waals surface area contributed by atoms with Gasteiger partial charge in [0.25, 0.3) is 5.91 Å². The summed E-state index contributed by atoms with van der Waals surface area (Å²) in [5.74, 6) is -0.298. The number of benzene rings is 2. The maximum absolute atomic E-state index is 12.2.